The fourth-order valence-corrected chi connectivity index (χ4v) is 2.01. The Kier molecular flexibility index (Phi) is 6.06. The van der Waals surface area contributed by atoms with E-state index in [-0.39, 0.29) is 0 Å². The summed E-state index contributed by atoms with van der Waals surface area (Å²) in [6.07, 6.45) is 1.19. The largest absolute Gasteiger partial charge is 0.383 e. The molecule has 1 N–H and O–H groups in total. The Bertz CT molecular complexity index is 318. The van der Waals surface area contributed by atoms with Crippen molar-refractivity contribution in [3.8, 4) is 0 Å². The summed E-state index contributed by atoms with van der Waals surface area (Å²) in [6.45, 7) is 12.3. The number of hydrogen-bond acceptors (Lipinski definition) is 2. The zero-order valence-corrected chi connectivity index (χ0v) is 11.7. The van der Waals surface area contributed by atoms with E-state index in [4.69, 9.17) is 0 Å². The second-order valence-electron chi connectivity index (χ2n) is 4.73. The summed E-state index contributed by atoms with van der Waals surface area (Å²) in [5, 5.41) is 3.56. The molecule has 17 heavy (non-hydrogen) atoms. The van der Waals surface area contributed by atoms with Crippen molar-refractivity contribution in [2.75, 3.05) is 25.0 Å². The van der Waals surface area contributed by atoms with Crippen molar-refractivity contribution in [2.24, 2.45) is 0 Å². The highest BCUT2D eigenvalue weighted by Gasteiger charge is 2.05. The van der Waals surface area contributed by atoms with E-state index in [0.29, 0.717) is 6.04 Å². The molecule has 1 aromatic rings. The van der Waals surface area contributed by atoms with E-state index in [1.807, 2.05) is 0 Å². The third kappa shape index (κ3) is 5.22. The van der Waals surface area contributed by atoms with Crippen LogP contribution in [0.2, 0.25) is 0 Å². The molecule has 2 heteroatoms. The fourth-order valence-electron chi connectivity index (χ4n) is 2.01. The van der Waals surface area contributed by atoms with Gasteiger partial charge in [0, 0.05) is 18.3 Å². The number of anilines is 1. The lowest BCUT2D eigenvalue weighted by atomic mass is 10.2. The molecule has 1 aromatic carbocycles. The molecule has 0 saturated carbocycles. The molecule has 0 aliphatic carbocycles. The Balaban J connectivity index is 2.36. The maximum atomic E-state index is 3.56. The van der Waals surface area contributed by atoms with Gasteiger partial charge in [0.25, 0.3) is 0 Å². The lowest BCUT2D eigenvalue weighted by Crippen LogP contribution is -2.28. The summed E-state index contributed by atoms with van der Waals surface area (Å²) in [5.41, 5.74) is 2.54. The molecule has 1 atom stereocenters. The van der Waals surface area contributed by atoms with Crippen LogP contribution in [0.1, 0.15) is 32.8 Å². The molecular weight excluding hydrogens is 208 g/mol. The van der Waals surface area contributed by atoms with Crippen LogP contribution in [0.4, 0.5) is 5.69 Å². The molecule has 0 heterocycles. The molecule has 0 amide bonds. The number of hydrogen-bond donors (Lipinski definition) is 1. The maximum Gasteiger partial charge on any atom is 0.0344 e. The van der Waals surface area contributed by atoms with Gasteiger partial charge in [-0.15, -0.1) is 0 Å². The van der Waals surface area contributed by atoms with Crippen LogP contribution in [0.3, 0.4) is 0 Å². The molecule has 0 aliphatic heterocycles. The first-order chi connectivity index (χ1) is 8.15. The third-order valence-corrected chi connectivity index (χ3v) is 3.20. The average Bonchev–Trinajstić information content (AvgIpc) is 2.30. The minimum absolute atomic E-state index is 0.525. The van der Waals surface area contributed by atoms with Gasteiger partial charge < -0.3 is 10.2 Å². The van der Waals surface area contributed by atoms with Gasteiger partial charge >= 0.3 is 0 Å². The minimum Gasteiger partial charge on any atom is -0.383 e. The van der Waals surface area contributed by atoms with Gasteiger partial charge in [-0.25, -0.2) is 0 Å². The van der Waals surface area contributed by atoms with Gasteiger partial charge in [-0.05, 0) is 51.1 Å². The van der Waals surface area contributed by atoms with Crippen molar-refractivity contribution in [3.05, 3.63) is 29.8 Å². The van der Waals surface area contributed by atoms with E-state index in [1.54, 1.807) is 0 Å². The van der Waals surface area contributed by atoms with Crippen molar-refractivity contribution < 1.29 is 0 Å². The number of nitrogens with one attached hydrogen (secondary N) is 1. The Labute approximate surface area is 106 Å². The molecule has 0 bridgehead atoms. The Hall–Kier alpha value is -1.02. The van der Waals surface area contributed by atoms with Gasteiger partial charge in [-0.2, -0.15) is 0 Å². The SMILES string of the molecule is CCN(CC)CCC(C)Nc1cccc(C)c1. The molecule has 0 fully saturated rings. The first-order valence-electron chi connectivity index (χ1n) is 6.71. The molecule has 1 unspecified atom stereocenters. The van der Waals surface area contributed by atoms with Crippen molar-refractivity contribution in [3.63, 3.8) is 0 Å². The van der Waals surface area contributed by atoms with Crippen LogP contribution < -0.4 is 5.32 Å². The van der Waals surface area contributed by atoms with Crippen LogP contribution in [0.5, 0.6) is 0 Å². The first-order valence-corrected chi connectivity index (χ1v) is 6.71. The molecule has 96 valence electrons. The molecule has 2 nitrogen and oxygen atoms in total. The zero-order chi connectivity index (χ0) is 12.7. The molecule has 0 spiro atoms. The summed E-state index contributed by atoms with van der Waals surface area (Å²) in [4.78, 5) is 2.47. The molecule has 0 radical (unpaired) electrons. The standard InChI is InChI=1S/C15H26N2/c1-5-17(6-2)11-10-14(4)16-15-9-7-8-13(3)12-15/h7-9,12,14,16H,5-6,10-11H2,1-4H3. The Morgan fingerprint density at radius 2 is 1.94 bits per heavy atom. The van der Waals surface area contributed by atoms with E-state index in [0.717, 1.165) is 13.1 Å². The Morgan fingerprint density at radius 1 is 1.24 bits per heavy atom. The van der Waals surface area contributed by atoms with Crippen molar-refractivity contribution in [1.29, 1.82) is 0 Å². The highest BCUT2D eigenvalue weighted by Crippen LogP contribution is 2.12. The summed E-state index contributed by atoms with van der Waals surface area (Å²) >= 11 is 0. The third-order valence-electron chi connectivity index (χ3n) is 3.20. The number of nitrogens with zero attached hydrogens (tertiary/aromatic N) is 1. The predicted octanol–water partition coefficient (Wildman–Crippen LogP) is 3.53. The van der Waals surface area contributed by atoms with E-state index in [1.165, 1.54) is 24.2 Å². The highest BCUT2D eigenvalue weighted by molar-refractivity contribution is 5.45. The van der Waals surface area contributed by atoms with Gasteiger partial charge in [0.2, 0.25) is 0 Å². The highest BCUT2D eigenvalue weighted by atomic mass is 15.1. The summed E-state index contributed by atoms with van der Waals surface area (Å²) in [5.74, 6) is 0. The summed E-state index contributed by atoms with van der Waals surface area (Å²) in [7, 11) is 0. The second-order valence-corrected chi connectivity index (χ2v) is 4.73. The molecule has 0 saturated heterocycles. The minimum atomic E-state index is 0.525. The van der Waals surface area contributed by atoms with Crippen LogP contribution in [0, 0.1) is 6.92 Å². The van der Waals surface area contributed by atoms with E-state index >= 15 is 0 Å². The van der Waals surface area contributed by atoms with Gasteiger partial charge in [0.1, 0.15) is 0 Å². The summed E-state index contributed by atoms with van der Waals surface area (Å²) in [6, 6.07) is 9.10. The smallest absolute Gasteiger partial charge is 0.0344 e. The van der Waals surface area contributed by atoms with Gasteiger partial charge in [-0.1, -0.05) is 26.0 Å². The zero-order valence-electron chi connectivity index (χ0n) is 11.7. The fraction of sp³-hybridized carbons (Fsp3) is 0.600. The molecule has 0 aromatic heterocycles. The van der Waals surface area contributed by atoms with Gasteiger partial charge in [0.15, 0.2) is 0 Å². The first kappa shape index (κ1) is 14.0. The van der Waals surface area contributed by atoms with Crippen LogP contribution >= 0.6 is 0 Å². The lowest BCUT2D eigenvalue weighted by molar-refractivity contribution is 0.295. The molecule has 0 aliphatic rings. The predicted molar refractivity (Wildman–Crippen MR) is 76.7 cm³/mol. The van der Waals surface area contributed by atoms with Crippen molar-refractivity contribution in [1.82, 2.24) is 4.90 Å². The van der Waals surface area contributed by atoms with E-state index in [2.05, 4.69) is 62.2 Å². The Morgan fingerprint density at radius 3 is 2.53 bits per heavy atom. The maximum absolute atomic E-state index is 3.56. The van der Waals surface area contributed by atoms with Crippen LogP contribution in [-0.2, 0) is 0 Å². The van der Waals surface area contributed by atoms with Gasteiger partial charge in [0.05, 0.1) is 0 Å². The number of aryl methyl sites for hydroxylation is 1. The topological polar surface area (TPSA) is 15.3 Å². The van der Waals surface area contributed by atoms with E-state index in [9.17, 15) is 0 Å². The lowest BCUT2D eigenvalue weighted by Gasteiger charge is -2.22. The summed E-state index contributed by atoms with van der Waals surface area (Å²) < 4.78 is 0. The number of rotatable bonds is 7. The van der Waals surface area contributed by atoms with E-state index < -0.39 is 0 Å². The van der Waals surface area contributed by atoms with Crippen LogP contribution in [0.15, 0.2) is 24.3 Å². The van der Waals surface area contributed by atoms with Crippen LogP contribution in [0.25, 0.3) is 0 Å². The average molecular weight is 234 g/mol. The van der Waals surface area contributed by atoms with Crippen molar-refractivity contribution in [2.45, 2.75) is 40.2 Å². The van der Waals surface area contributed by atoms with Gasteiger partial charge in [-0.3, -0.25) is 0 Å². The second kappa shape index (κ2) is 7.33. The number of benzene rings is 1. The van der Waals surface area contributed by atoms with Crippen molar-refractivity contribution >= 4 is 5.69 Å². The van der Waals surface area contributed by atoms with Crippen LogP contribution in [-0.4, -0.2) is 30.6 Å². The quantitative estimate of drug-likeness (QED) is 0.776. The normalized spacial score (nSPS) is 12.8. The molecular formula is C15H26N2. The monoisotopic (exact) mass is 234 g/mol. The molecule has 1 rings (SSSR count).